The third-order valence-corrected chi connectivity index (χ3v) is 5.13. The number of aromatic nitrogens is 1. The summed E-state index contributed by atoms with van der Waals surface area (Å²) < 4.78 is 5.24. The molecular formula is C14H26N2OS2. The minimum atomic E-state index is 0.625. The summed E-state index contributed by atoms with van der Waals surface area (Å²) in [5.41, 5.74) is 1.11. The Kier molecular flexibility index (Phi) is 9.51. The van der Waals surface area contributed by atoms with Crippen LogP contribution in [0.1, 0.15) is 48.7 Å². The number of ether oxygens (including phenoxy) is 1. The molecule has 0 fully saturated rings. The zero-order chi connectivity index (χ0) is 13.9. The normalized spacial score (nSPS) is 11.1. The Morgan fingerprint density at radius 3 is 2.84 bits per heavy atom. The molecule has 1 aromatic heterocycles. The Morgan fingerprint density at radius 1 is 1.32 bits per heavy atom. The van der Waals surface area contributed by atoms with E-state index in [1.54, 1.807) is 7.11 Å². The average molecular weight is 303 g/mol. The van der Waals surface area contributed by atoms with Gasteiger partial charge in [0.2, 0.25) is 0 Å². The third-order valence-electron chi connectivity index (χ3n) is 2.67. The minimum Gasteiger partial charge on any atom is -0.378 e. The standard InChI is InChI=1S/C14H26N2OS2/c1-4-6-7-15-9-13-12(10-17-3)16-14(19-13)11-18-8-5-2/h15H,4-11H2,1-3H3. The minimum absolute atomic E-state index is 0.625. The van der Waals surface area contributed by atoms with Gasteiger partial charge in [-0.2, -0.15) is 11.8 Å². The van der Waals surface area contributed by atoms with Gasteiger partial charge in [-0.15, -0.1) is 11.3 Å². The molecule has 0 unspecified atom stereocenters. The second-order valence-electron chi connectivity index (χ2n) is 4.49. The van der Waals surface area contributed by atoms with Crippen LogP contribution in [0, 0.1) is 0 Å². The molecule has 1 heterocycles. The molecule has 0 amide bonds. The van der Waals surface area contributed by atoms with Crippen molar-refractivity contribution in [2.45, 2.75) is 52.0 Å². The van der Waals surface area contributed by atoms with Gasteiger partial charge >= 0.3 is 0 Å². The Bertz CT molecular complexity index is 342. The molecule has 0 aliphatic carbocycles. The first kappa shape index (κ1) is 17.0. The summed E-state index contributed by atoms with van der Waals surface area (Å²) in [4.78, 5) is 6.04. The predicted octanol–water partition coefficient (Wildman–Crippen LogP) is 3.82. The lowest BCUT2D eigenvalue weighted by atomic mass is 10.3. The number of rotatable bonds is 11. The van der Waals surface area contributed by atoms with Gasteiger partial charge in [0.1, 0.15) is 5.01 Å². The number of nitrogens with one attached hydrogen (secondary N) is 1. The van der Waals surface area contributed by atoms with Crippen molar-refractivity contribution in [2.75, 3.05) is 19.4 Å². The van der Waals surface area contributed by atoms with Gasteiger partial charge in [0, 0.05) is 24.3 Å². The molecule has 1 rings (SSSR count). The summed E-state index contributed by atoms with van der Waals surface area (Å²) >= 11 is 3.80. The van der Waals surface area contributed by atoms with E-state index < -0.39 is 0 Å². The first-order chi connectivity index (χ1) is 9.31. The van der Waals surface area contributed by atoms with Crippen molar-refractivity contribution in [2.24, 2.45) is 0 Å². The van der Waals surface area contributed by atoms with Crippen LogP contribution in [0.4, 0.5) is 0 Å². The van der Waals surface area contributed by atoms with E-state index in [9.17, 15) is 0 Å². The molecule has 0 atom stereocenters. The number of hydrogen-bond acceptors (Lipinski definition) is 5. The molecule has 0 saturated carbocycles. The van der Waals surface area contributed by atoms with Gasteiger partial charge in [0.15, 0.2) is 0 Å². The van der Waals surface area contributed by atoms with Crippen LogP contribution in [0.2, 0.25) is 0 Å². The van der Waals surface area contributed by atoms with E-state index in [4.69, 9.17) is 9.72 Å². The van der Waals surface area contributed by atoms with Crippen molar-refractivity contribution in [3.8, 4) is 0 Å². The number of hydrogen-bond donors (Lipinski definition) is 1. The van der Waals surface area contributed by atoms with Crippen molar-refractivity contribution in [1.82, 2.24) is 10.3 Å². The molecule has 0 bridgehead atoms. The molecule has 110 valence electrons. The summed E-state index contributed by atoms with van der Waals surface area (Å²) in [6, 6.07) is 0. The van der Waals surface area contributed by atoms with Crippen LogP contribution < -0.4 is 5.32 Å². The second-order valence-corrected chi connectivity index (χ2v) is 6.77. The monoisotopic (exact) mass is 302 g/mol. The Labute approximate surface area is 125 Å². The highest BCUT2D eigenvalue weighted by Crippen LogP contribution is 2.23. The largest absolute Gasteiger partial charge is 0.378 e. The number of nitrogens with zero attached hydrogens (tertiary/aromatic N) is 1. The molecule has 0 aliphatic heterocycles. The van der Waals surface area contributed by atoms with Gasteiger partial charge in [-0.1, -0.05) is 20.3 Å². The lowest BCUT2D eigenvalue weighted by Gasteiger charge is -2.03. The molecule has 1 aromatic rings. The maximum absolute atomic E-state index is 5.24. The van der Waals surface area contributed by atoms with Crippen molar-refractivity contribution >= 4 is 23.1 Å². The van der Waals surface area contributed by atoms with Crippen LogP contribution in [-0.4, -0.2) is 24.4 Å². The van der Waals surface area contributed by atoms with E-state index in [0.29, 0.717) is 6.61 Å². The van der Waals surface area contributed by atoms with Crippen molar-refractivity contribution in [1.29, 1.82) is 0 Å². The van der Waals surface area contributed by atoms with Gasteiger partial charge in [-0.25, -0.2) is 4.98 Å². The molecule has 1 N–H and O–H groups in total. The SMILES string of the molecule is CCCCNCc1sc(CSCCC)nc1COC. The van der Waals surface area contributed by atoms with E-state index in [1.165, 1.54) is 34.9 Å². The fourth-order valence-electron chi connectivity index (χ4n) is 1.69. The average Bonchev–Trinajstić information content (AvgIpc) is 2.78. The Balaban J connectivity index is 2.50. The third kappa shape index (κ3) is 6.75. The van der Waals surface area contributed by atoms with Gasteiger partial charge in [-0.05, 0) is 25.1 Å². The molecule has 0 aromatic carbocycles. The fraction of sp³-hybridized carbons (Fsp3) is 0.786. The van der Waals surface area contributed by atoms with Crippen LogP contribution in [0.25, 0.3) is 0 Å². The number of methoxy groups -OCH3 is 1. The van der Waals surface area contributed by atoms with E-state index in [2.05, 4.69) is 19.2 Å². The lowest BCUT2D eigenvalue weighted by molar-refractivity contribution is 0.181. The second kappa shape index (κ2) is 10.7. The topological polar surface area (TPSA) is 34.2 Å². The summed E-state index contributed by atoms with van der Waals surface area (Å²) in [6.07, 6.45) is 3.70. The molecule has 0 saturated heterocycles. The predicted molar refractivity (Wildman–Crippen MR) is 85.9 cm³/mol. The van der Waals surface area contributed by atoms with E-state index in [1.807, 2.05) is 23.1 Å². The van der Waals surface area contributed by atoms with Crippen LogP contribution in [0.5, 0.6) is 0 Å². The van der Waals surface area contributed by atoms with Crippen molar-refractivity contribution in [3.63, 3.8) is 0 Å². The van der Waals surface area contributed by atoms with Crippen molar-refractivity contribution < 1.29 is 4.74 Å². The Morgan fingerprint density at radius 2 is 2.16 bits per heavy atom. The molecular weight excluding hydrogens is 276 g/mol. The highest BCUT2D eigenvalue weighted by Gasteiger charge is 2.10. The van der Waals surface area contributed by atoms with Gasteiger partial charge in [-0.3, -0.25) is 0 Å². The lowest BCUT2D eigenvalue weighted by Crippen LogP contribution is -2.14. The van der Waals surface area contributed by atoms with Gasteiger partial charge in [0.05, 0.1) is 12.3 Å². The molecule has 5 heteroatoms. The Hall–Kier alpha value is -0.100. The van der Waals surface area contributed by atoms with Crippen LogP contribution >= 0.6 is 23.1 Å². The zero-order valence-electron chi connectivity index (χ0n) is 12.3. The maximum atomic E-state index is 5.24. The fourth-order valence-corrected chi connectivity index (χ4v) is 3.69. The summed E-state index contributed by atoms with van der Waals surface area (Å²) in [5.74, 6) is 2.24. The maximum Gasteiger partial charge on any atom is 0.103 e. The van der Waals surface area contributed by atoms with Gasteiger partial charge < -0.3 is 10.1 Å². The van der Waals surface area contributed by atoms with Crippen LogP contribution in [-0.2, 0) is 23.6 Å². The summed E-state index contributed by atoms with van der Waals surface area (Å²) in [5, 5.41) is 4.72. The molecule has 3 nitrogen and oxygen atoms in total. The number of thiazole rings is 1. The first-order valence-electron chi connectivity index (χ1n) is 7.06. The first-order valence-corrected chi connectivity index (χ1v) is 9.03. The smallest absolute Gasteiger partial charge is 0.103 e. The molecule has 0 aliphatic rings. The molecule has 0 spiro atoms. The van der Waals surface area contributed by atoms with E-state index in [-0.39, 0.29) is 0 Å². The quantitative estimate of drug-likeness (QED) is 0.630. The molecule has 19 heavy (non-hydrogen) atoms. The highest BCUT2D eigenvalue weighted by molar-refractivity contribution is 7.98. The van der Waals surface area contributed by atoms with E-state index >= 15 is 0 Å². The van der Waals surface area contributed by atoms with E-state index in [0.717, 1.165) is 24.5 Å². The zero-order valence-corrected chi connectivity index (χ0v) is 14.0. The van der Waals surface area contributed by atoms with Gasteiger partial charge in [0.25, 0.3) is 0 Å². The molecule has 0 radical (unpaired) electrons. The number of thioether (sulfide) groups is 1. The van der Waals surface area contributed by atoms with Crippen molar-refractivity contribution in [3.05, 3.63) is 15.6 Å². The number of unbranched alkanes of at least 4 members (excludes halogenated alkanes) is 1. The van der Waals surface area contributed by atoms with Crippen LogP contribution in [0.15, 0.2) is 0 Å². The van der Waals surface area contributed by atoms with Crippen LogP contribution in [0.3, 0.4) is 0 Å². The summed E-state index contributed by atoms with van der Waals surface area (Å²) in [7, 11) is 1.74. The summed E-state index contributed by atoms with van der Waals surface area (Å²) in [6.45, 7) is 7.07. The highest BCUT2D eigenvalue weighted by atomic mass is 32.2.